The van der Waals surface area contributed by atoms with Crippen LogP contribution in [-0.2, 0) is 4.79 Å². The van der Waals surface area contributed by atoms with Crippen molar-refractivity contribution in [2.75, 3.05) is 20.1 Å². The van der Waals surface area contributed by atoms with Crippen LogP contribution in [0, 0.1) is 11.8 Å². The first-order valence-electron chi connectivity index (χ1n) is 7.17. The Labute approximate surface area is 117 Å². The van der Waals surface area contributed by atoms with Gasteiger partial charge in [0.2, 0.25) is 5.91 Å². The third-order valence-electron chi connectivity index (χ3n) is 4.56. The SMILES string of the molecule is CC1CCCCC1N(C)C(=O)C1CCCNC1.Cl. The topological polar surface area (TPSA) is 32.3 Å². The van der Waals surface area contributed by atoms with Crippen LogP contribution in [0.2, 0.25) is 0 Å². The Balaban J connectivity index is 0.00000162. The molecule has 1 aliphatic heterocycles. The fourth-order valence-electron chi connectivity index (χ4n) is 3.39. The first-order chi connectivity index (χ1) is 8.20. The Morgan fingerprint density at radius 2 is 1.89 bits per heavy atom. The van der Waals surface area contributed by atoms with E-state index in [4.69, 9.17) is 0 Å². The van der Waals surface area contributed by atoms with Gasteiger partial charge in [0.05, 0.1) is 5.92 Å². The molecule has 18 heavy (non-hydrogen) atoms. The summed E-state index contributed by atoms with van der Waals surface area (Å²) in [5.41, 5.74) is 0. The summed E-state index contributed by atoms with van der Waals surface area (Å²) >= 11 is 0. The quantitative estimate of drug-likeness (QED) is 0.839. The van der Waals surface area contributed by atoms with E-state index in [9.17, 15) is 4.79 Å². The third-order valence-corrected chi connectivity index (χ3v) is 4.56. The van der Waals surface area contributed by atoms with Gasteiger partial charge in [0.25, 0.3) is 0 Å². The van der Waals surface area contributed by atoms with E-state index in [1.54, 1.807) is 0 Å². The van der Waals surface area contributed by atoms with Gasteiger partial charge in [-0.2, -0.15) is 0 Å². The summed E-state index contributed by atoms with van der Waals surface area (Å²) in [6, 6.07) is 0.484. The molecule has 2 fully saturated rings. The van der Waals surface area contributed by atoms with E-state index >= 15 is 0 Å². The van der Waals surface area contributed by atoms with Gasteiger partial charge in [0.1, 0.15) is 0 Å². The molecule has 1 aliphatic carbocycles. The van der Waals surface area contributed by atoms with Crippen LogP contribution in [0.5, 0.6) is 0 Å². The molecule has 0 aromatic rings. The predicted molar refractivity (Wildman–Crippen MR) is 77.0 cm³/mol. The molecule has 1 saturated heterocycles. The van der Waals surface area contributed by atoms with E-state index in [1.807, 2.05) is 7.05 Å². The predicted octanol–water partition coefficient (Wildman–Crippen LogP) is 2.44. The number of carbonyl (C=O) groups is 1. The zero-order valence-corrected chi connectivity index (χ0v) is 12.5. The van der Waals surface area contributed by atoms with Crippen LogP contribution in [0.4, 0.5) is 0 Å². The van der Waals surface area contributed by atoms with Crippen molar-refractivity contribution < 1.29 is 4.79 Å². The number of halogens is 1. The fraction of sp³-hybridized carbons (Fsp3) is 0.929. The molecule has 0 aromatic heterocycles. The number of nitrogens with one attached hydrogen (secondary N) is 1. The Bertz CT molecular complexity index is 267. The average molecular weight is 275 g/mol. The largest absolute Gasteiger partial charge is 0.342 e. The molecule has 3 unspecified atom stereocenters. The summed E-state index contributed by atoms with van der Waals surface area (Å²) in [5, 5.41) is 3.34. The van der Waals surface area contributed by atoms with Gasteiger partial charge in [-0.1, -0.05) is 19.8 Å². The lowest BCUT2D eigenvalue weighted by Crippen LogP contribution is -2.48. The first kappa shape index (κ1) is 15.8. The Hall–Kier alpha value is -0.280. The lowest BCUT2D eigenvalue weighted by atomic mass is 9.84. The van der Waals surface area contributed by atoms with Crippen LogP contribution in [0.25, 0.3) is 0 Å². The van der Waals surface area contributed by atoms with Gasteiger partial charge in [0, 0.05) is 19.6 Å². The summed E-state index contributed by atoms with van der Waals surface area (Å²) in [4.78, 5) is 14.5. The van der Waals surface area contributed by atoms with Crippen LogP contribution in [-0.4, -0.2) is 37.0 Å². The molecule has 0 aromatic carbocycles. The van der Waals surface area contributed by atoms with Gasteiger partial charge in [-0.15, -0.1) is 12.4 Å². The number of amides is 1. The number of hydrogen-bond acceptors (Lipinski definition) is 2. The summed E-state index contributed by atoms with van der Waals surface area (Å²) in [7, 11) is 2.02. The highest BCUT2D eigenvalue weighted by Gasteiger charge is 2.31. The summed E-state index contributed by atoms with van der Waals surface area (Å²) in [6.07, 6.45) is 7.32. The van der Waals surface area contributed by atoms with Crippen LogP contribution >= 0.6 is 12.4 Å². The molecular formula is C14H27ClN2O. The first-order valence-corrected chi connectivity index (χ1v) is 7.17. The molecule has 4 heteroatoms. The van der Waals surface area contributed by atoms with E-state index in [1.165, 1.54) is 25.7 Å². The highest BCUT2D eigenvalue weighted by molar-refractivity contribution is 5.85. The van der Waals surface area contributed by atoms with Gasteiger partial charge in [-0.05, 0) is 38.1 Å². The van der Waals surface area contributed by atoms with Crippen molar-refractivity contribution in [3.8, 4) is 0 Å². The van der Waals surface area contributed by atoms with Crippen LogP contribution < -0.4 is 5.32 Å². The second kappa shape index (κ2) is 7.34. The fourth-order valence-corrected chi connectivity index (χ4v) is 3.39. The summed E-state index contributed by atoms with van der Waals surface area (Å²) in [5.74, 6) is 1.27. The Kier molecular flexibility index (Phi) is 6.44. The number of nitrogens with zero attached hydrogens (tertiary/aromatic N) is 1. The minimum atomic E-state index is 0. The normalized spacial score (nSPS) is 32.4. The summed E-state index contributed by atoms with van der Waals surface area (Å²) < 4.78 is 0. The number of carbonyl (C=O) groups excluding carboxylic acids is 1. The van der Waals surface area contributed by atoms with E-state index in [-0.39, 0.29) is 18.3 Å². The van der Waals surface area contributed by atoms with Crippen molar-refractivity contribution in [2.24, 2.45) is 11.8 Å². The molecule has 2 aliphatic rings. The number of hydrogen-bond donors (Lipinski definition) is 1. The molecule has 0 radical (unpaired) electrons. The molecule has 0 spiro atoms. The molecule has 1 saturated carbocycles. The zero-order chi connectivity index (χ0) is 12.3. The van der Waals surface area contributed by atoms with E-state index < -0.39 is 0 Å². The van der Waals surface area contributed by atoms with Gasteiger partial charge < -0.3 is 10.2 Å². The highest BCUT2D eigenvalue weighted by atomic mass is 35.5. The smallest absolute Gasteiger partial charge is 0.226 e. The molecular weight excluding hydrogens is 248 g/mol. The van der Waals surface area contributed by atoms with Crippen molar-refractivity contribution in [1.82, 2.24) is 10.2 Å². The highest BCUT2D eigenvalue weighted by Crippen LogP contribution is 2.28. The van der Waals surface area contributed by atoms with Crippen LogP contribution in [0.15, 0.2) is 0 Å². The molecule has 1 heterocycles. The minimum Gasteiger partial charge on any atom is -0.342 e. The second-order valence-corrected chi connectivity index (χ2v) is 5.82. The van der Waals surface area contributed by atoms with Gasteiger partial charge >= 0.3 is 0 Å². The van der Waals surface area contributed by atoms with Gasteiger partial charge in [-0.3, -0.25) is 4.79 Å². The second-order valence-electron chi connectivity index (χ2n) is 5.82. The number of piperidine rings is 1. The molecule has 106 valence electrons. The number of rotatable bonds is 2. The third kappa shape index (κ3) is 3.61. The van der Waals surface area contributed by atoms with Crippen molar-refractivity contribution in [1.29, 1.82) is 0 Å². The molecule has 3 nitrogen and oxygen atoms in total. The maximum absolute atomic E-state index is 12.4. The minimum absolute atomic E-state index is 0. The van der Waals surface area contributed by atoms with E-state index in [2.05, 4.69) is 17.1 Å². The van der Waals surface area contributed by atoms with Crippen LogP contribution in [0.1, 0.15) is 45.4 Å². The molecule has 1 amide bonds. The summed E-state index contributed by atoms with van der Waals surface area (Å²) in [6.45, 7) is 4.25. The molecule has 3 atom stereocenters. The maximum atomic E-state index is 12.4. The zero-order valence-electron chi connectivity index (χ0n) is 11.7. The van der Waals surface area contributed by atoms with Gasteiger partial charge in [0.15, 0.2) is 0 Å². The Morgan fingerprint density at radius 3 is 2.50 bits per heavy atom. The van der Waals surface area contributed by atoms with Crippen molar-refractivity contribution in [2.45, 2.75) is 51.5 Å². The average Bonchev–Trinajstić information content (AvgIpc) is 2.39. The van der Waals surface area contributed by atoms with Crippen molar-refractivity contribution in [3.05, 3.63) is 0 Å². The van der Waals surface area contributed by atoms with E-state index in [0.717, 1.165) is 25.9 Å². The maximum Gasteiger partial charge on any atom is 0.226 e. The molecule has 0 bridgehead atoms. The van der Waals surface area contributed by atoms with Crippen molar-refractivity contribution in [3.63, 3.8) is 0 Å². The van der Waals surface area contributed by atoms with Crippen molar-refractivity contribution >= 4 is 18.3 Å². The molecule has 2 rings (SSSR count). The monoisotopic (exact) mass is 274 g/mol. The van der Waals surface area contributed by atoms with Crippen LogP contribution in [0.3, 0.4) is 0 Å². The lowest BCUT2D eigenvalue weighted by molar-refractivity contribution is -0.138. The van der Waals surface area contributed by atoms with E-state index in [0.29, 0.717) is 17.9 Å². The van der Waals surface area contributed by atoms with Gasteiger partial charge in [-0.25, -0.2) is 0 Å². The lowest BCUT2D eigenvalue weighted by Gasteiger charge is -2.38. The standard InChI is InChI=1S/C14H26N2O.ClH/c1-11-6-3-4-8-13(11)16(2)14(17)12-7-5-9-15-10-12;/h11-13,15H,3-10H2,1-2H3;1H. The molecule has 1 N–H and O–H groups in total. The Morgan fingerprint density at radius 1 is 1.17 bits per heavy atom.